The second-order valence-electron chi connectivity index (χ2n) is 4.68. The number of fused-ring (bicyclic) bond motifs is 1. The van der Waals surface area contributed by atoms with Gasteiger partial charge in [0.15, 0.2) is 0 Å². The van der Waals surface area contributed by atoms with Gasteiger partial charge in [0, 0.05) is 23.0 Å². The number of aromatic nitrogens is 1. The molecule has 0 radical (unpaired) electrons. The molecule has 21 heavy (non-hydrogen) atoms. The first-order valence-corrected chi connectivity index (χ1v) is 7.65. The summed E-state index contributed by atoms with van der Waals surface area (Å²) in [6.45, 7) is 1.07. The van der Waals surface area contributed by atoms with Crippen molar-refractivity contribution in [2.24, 2.45) is 0 Å². The number of hydrogen-bond acceptors (Lipinski definition) is 3. The first kappa shape index (κ1) is 14.4. The Morgan fingerprint density at radius 1 is 1.43 bits per heavy atom. The molecule has 6 heteroatoms. The van der Waals surface area contributed by atoms with Crippen molar-refractivity contribution >= 4 is 33.4 Å². The van der Waals surface area contributed by atoms with Crippen molar-refractivity contribution in [2.75, 3.05) is 6.61 Å². The fourth-order valence-electron chi connectivity index (χ4n) is 2.28. The molecule has 0 saturated heterocycles. The summed E-state index contributed by atoms with van der Waals surface area (Å²) < 4.78 is 6.62. The normalized spacial score (nSPS) is 12.7. The van der Waals surface area contributed by atoms with Crippen LogP contribution in [0.3, 0.4) is 0 Å². The van der Waals surface area contributed by atoms with E-state index in [9.17, 15) is 4.79 Å². The number of hydrogen-bond donors (Lipinski definition) is 1. The molecule has 0 spiro atoms. The fraction of sp³-hybridized carbons (Fsp3) is 0.200. The Morgan fingerprint density at radius 3 is 3.10 bits per heavy atom. The summed E-state index contributed by atoms with van der Waals surface area (Å²) in [6.07, 6.45) is 0.894. The maximum absolute atomic E-state index is 12.1. The molecule has 2 aromatic rings. The molecule has 1 aliphatic rings. The van der Waals surface area contributed by atoms with E-state index in [0.29, 0.717) is 24.0 Å². The van der Waals surface area contributed by atoms with Gasteiger partial charge in [-0.05, 0) is 29.8 Å². The molecule has 0 atom stereocenters. The van der Waals surface area contributed by atoms with E-state index in [-0.39, 0.29) is 5.91 Å². The lowest BCUT2D eigenvalue weighted by atomic mass is 10.1. The molecule has 0 bridgehead atoms. The second-order valence-corrected chi connectivity index (χ2v) is 5.98. The van der Waals surface area contributed by atoms with E-state index in [1.54, 1.807) is 18.2 Å². The Balaban J connectivity index is 1.75. The molecular formula is C15H12BrClN2O2. The van der Waals surface area contributed by atoms with Crippen molar-refractivity contribution in [3.05, 3.63) is 56.8 Å². The largest absolute Gasteiger partial charge is 0.493 e. The number of amides is 1. The van der Waals surface area contributed by atoms with Crippen LogP contribution >= 0.6 is 27.5 Å². The molecule has 1 aromatic heterocycles. The number of carbonyl (C=O) groups is 1. The summed E-state index contributed by atoms with van der Waals surface area (Å²) in [5, 5.41) is 3.14. The minimum absolute atomic E-state index is 0.260. The highest BCUT2D eigenvalue weighted by Crippen LogP contribution is 2.32. The molecule has 108 valence electrons. The number of benzene rings is 1. The highest BCUT2D eigenvalue weighted by atomic mass is 79.9. The number of rotatable bonds is 3. The van der Waals surface area contributed by atoms with Gasteiger partial charge in [0.2, 0.25) is 0 Å². The molecule has 0 unspecified atom stereocenters. The van der Waals surface area contributed by atoms with Crippen LogP contribution in [-0.4, -0.2) is 17.5 Å². The Morgan fingerprint density at radius 2 is 2.29 bits per heavy atom. The number of ether oxygens (including phenoxy) is 1. The maximum atomic E-state index is 12.1. The molecule has 1 amide bonds. The van der Waals surface area contributed by atoms with Gasteiger partial charge in [0.25, 0.3) is 5.91 Å². The molecular weight excluding hydrogens is 356 g/mol. The van der Waals surface area contributed by atoms with Crippen molar-refractivity contribution in [3.63, 3.8) is 0 Å². The van der Waals surface area contributed by atoms with Crippen molar-refractivity contribution < 1.29 is 9.53 Å². The lowest BCUT2D eigenvalue weighted by molar-refractivity contribution is 0.0945. The first-order valence-electron chi connectivity index (χ1n) is 6.48. The van der Waals surface area contributed by atoms with Gasteiger partial charge in [-0.15, -0.1) is 0 Å². The second kappa shape index (κ2) is 6.03. The third-order valence-corrected chi connectivity index (χ3v) is 3.88. The van der Waals surface area contributed by atoms with Gasteiger partial charge in [-0.3, -0.25) is 4.79 Å². The number of nitrogens with zero attached hydrogens (tertiary/aromatic N) is 1. The molecule has 1 N–H and O–H groups in total. The van der Waals surface area contributed by atoms with Crippen LogP contribution in [0.25, 0.3) is 0 Å². The van der Waals surface area contributed by atoms with Crippen LogP contribution in [0, 0.1) is 0 Å². The van der Waals surface area contributed by atoms with E-state index in [1.165, 1.54) is 0 Å². The van der Waals surface area contributed by atoms with Crippen molar-refractivity contribution in [1.82, 2.24) is 10.3 Å². The van der Waals surface area contributed by atoms with Gasteiger partial charge in [-0.25, -0.2) is 4.98 Å². The first-order chi connectivity index (χ1) is 10.1. The quantitative estimate of drug-likeness (QED) is 0.846. The van der Waals surface area contributed by atoms with Gasteiger partial charge >= 0.3 is 0 Å². The van der Waals surface area contributed by atoms with E-state index < -0.39 is 0 Å². The zero-order valence-corrected chi connectivity index (χ0v) is 13.4. The molecule has 0 saturated carbocycles. The maximum Gasteiger partial charge on any atom is 0.270 e. The summed E-state index contributed by atoms with van der Waals surface area (Å²) in [4.78, 5) is 16.1. The van der Waals surface area contributed by atoms with E-state index in [4.69, 9.17) is 16.3 Å². The highest BCUT2D eigenvalue weighted by molar-refractivity contribution is 9.10. The summed E-state index contributed by atoms with van der Waals surface area (Å²) >= 11 is 9.27. The van der Waals surface area contributed by atoms with Gasteiger partial charge in [0.1, 0.15) is 16.6 Å². The average Bonchev–Trinajstić information content (AvgIpc) is 2.92. The van der Waals surface area contributed by atoms with Gasteiger partial charge in [-0.1, -0.05) is 33.6 Å². The SMILES string of the molecule is O=C(NCc1cc(Br)cc2c1OCC2)c1cccc(Cl)n1. The lowest BCUT2D eigenvalue weighted by Gasteiger charge is -2.10. The van der Waals surface area contributed by atoms with E-state index in [1.807, 2.05) is 12.1 Å². The van der Waals surface area contributed by atoms with Crippen LogP contribution in [0.1, 0.15) is 21.6 Å². The number of halogens is 2. The topological polar surface area (TPSA) is 51.2 Å². The predicted molar refractivity (Wildman–Crippen MR) is 83.8 cm³/mol. The van der Waals surface area contributed by atoms with E-state index >= 15 is 0 Å². The number of nitrogens with one attached hydrogen (secondary N) is 1. The predicted octanol–water partition coefficient (Wildman–Crippen LogP) is 3.36. The minimum Gasteiger partial charge on any atom is -0.493 e. The Bertz CT molecular complexity index is 706. The molecule has 3 rings (SSSR count). The third kappa shape index (κ3) is 3.19. The number of carbonyl (C=O) groups excluding carboxylic acids is 1. The Hall–Kier alpha value is -1.59. The zero-order valence-electron chi connectivity index (χ0n) is 11.0. The summed E-state index contributed by atoms with van der Waals surface area (Å²) in [5.41, 5.74) is 2.41. The molecule has 0 aliphatic carbocycles. The minimum atomic E-state index is -0.260. The van der Waals surface area contributed by atoms with Crippen LogP contribution in [0.5, 0.6) is 5.75 Å². The standard InChI is InChI=1S/C15H12BrClN2O2/c16-11-6-9-4-5-21-14(9)10(7-11)8-18-15(20)12-2-1-3-13(17)19-12/h1-3,6-7H,4-5,8H2,(H,18,20). The monoisotopic (exact) mass is 366 g/mol. The summed E-state index contributed by atoms with van der Waals surface area (Å²) in [7, 11) is 0. The van der Waals surface area contributed by atoms with E-state index in [0.717, 1.165) is 27.8 Å². The molecule has 0 fully saturated rings. The van der Waals surface area contributed by atoms with Crippen molar-refractivity contribution in [1.29, 1.82) is 0 Å². The number of pyridine rings is 1. The molecule has 4 nitrogen and oxygen atoms in total. The smallest absolute Gasteiger partial charge is 0.270 e. The fourth-order valence-corrected chi connectivity index (χ4v) is 2.99. The van der Waals surface area contributed by atoms with Crippen molar-refractivity contribution in [3.8, 4) is 5.75 Å². The van der Waals surface area contributed by atoms with Gasteiger partial charge in [0.05, 0.1) is 6.61 Å². The molecule has 1 aliphatic heterocycles. The lowest BCUT2D eigenvalue weighted by Crippen LogP contribution is -2.24. The Kier molecular flexibility index (Phi) is 4.12. The van der Waals surface area contributed by atoms with Crippen LogP contribution in [0.4, 0.5) is 0 Å². The average molecular weight is 368 g/mol. The van der Waals surface area contributed by atoms with Gasteiger partial charge in [-0.2, -0.15) is 0 Å². The third-order valence-electron chi connectivity index (χ3n) is 3.21. The highest BCUT2D eigenvalue weighted by Gasteiger charge is 2.18. The van der Waals surface area contributed by atoms with Crippen molar-refractivity contribution in [2.45, 2.75) is 13.0 Å². The van der Waals surface area contributed by atoms with Crippen LogP contribution in [0.15, 0.2) is 34.8 Å². The van der Waals surface area contributed by atoms with Crippen LogP contribution in [-0.2, 0) is 13.0 Å². The summed E-state index contributed by atoms with van der Waals surface area (Å²) in [5.74, 6) is 0.613. The van der Waals surface area contributed by atoms with E-state index in [2.05, 4.69) is 26.2 Å². The Labute approximate surface area is 135 Å². The molecule has 1 aromatic carbocycles. The summed E-state index contributed by atoms with van der Waals surface area (Å²) in [6, 6.07) is 8.96. The van der Waals surface area contributed by atoms with Gasteiger partial charge < -0.3 is 10.1 Å². The molecule has 2 heterocycles. The van der Waals surface area contributed by atoms with Crippen LogP contribution < -0.4 is 10.1 Å². The van der Waals surface area contributed by atoms with Crippen LogP contribution in [0.2, 0.25) is 5.15 Å². The zero-order chi connectivity index (χ0) is 14.8.